The zero-order valence-electron chi connectivity index (χ0n) is 10.3. The summed E-state index contributed by atoms with van der Waals surface area (Å²) in [5.74, 6) is 1.96. The molecule has 6 nitrogen and oxygen atoms in total. The maximum Gasteiger partial charge on any atom is 0.376 e. The Morgan fingerprint density at radius 2 is 2.39 bits per heavy atom. The largest absolute Gasteiger partial charge is 0.463 e. The van der Waals surface area contributed by atoms with Gasteiger partial charge in [0.1, 0.15) is 5.82 Å². The van der Waals surface area contributed by atoms with Gasteiger partial charge >= 0.3 is 5.97 Å². The van der Waals surface area contributed by atoms with E-state index >= 15 is 0 Å². The Hall–Kier alpha value is -1.34. The van der Waals surface area contributed by atoms with Crippen LogP contribution >= 0.6 is 11.8 Å². The quantitative estimate of drug-likeness (QED) is 0.534. The predicted molar refractivity (Wildman–Crippen MR) is 70.9 cm³/mol. The van der Waals surface area contributed by atoms with Crippen LogP contribution in [0.4, 0.5) is 5.82 Å². The standard InChI is InChI=1S/C11H17N3O3S/c1-17-11(16)10-13-4-3-9(14-10)12-5-8-18-7-2-6-15/h3-4,15H,2,5-8H2,1H3,(H,12,13,14). The first-order chi connectivity index (χ1) is 8.77. The number of nitrogens with one attached hydrogen (secondary N) is 1. The highest BCUT2D eigenvalue weighted by Gasteiger charge is 2.08. The molecule has 2 N–H and O–H groups in total. The van der Waals surface area contributed by atoms with Crippen LogP contribution in [0.5, 0.6) is 0 Å². The average Bonchev–Trinajstić information content (AvgIpc) is 2.42. The van der Waals surface area contributed by atoms with Crippen molar-refractivity contribution >= 4 is 23.5 Å². The summed E-state index contributed by atoms with van der Waals surface area (Å²) < 4.78 is 4.54. The van der Waals surface area contributed by atoms with Gasteiger partial charge in [-0.2, -0.15) is 11.8 Å². The molecule has 0 unspecified atom stereocenters. The molecule has 1 heterocycles. The predicted octanol–water partition coefficient (Wildman–Crippen LogP) is 0.791. The number of nitrogens with zero attached hydrogens (tertiary/aromatic N) is 2. The molecular weight excluding hydrogens is 254 g/mol. The number of ether oxygens (including phenoxy) is 1. The minimum absolute atomic E-state index is 0.0513. The number of carbonyl (C=O) groups excluding carboxylic acids is 1. The van der Waals surface area contributed by atoms with E-state index in [4.69, 9.17) is 5.11 Å². The van der Waals surface area contributed by atoms with E-state index in [1.807, 2.05) is 0 Å². The summed E-state index contributed by atoms with van der Waals surface area (Å²) in [4.78, 5) is 19.1. The van der Waals surface area contributed by atoms with E-state index in [0.717, 1.165) is 24.5 Å². The molecule has 0 bridgehead atoms. The molecule has 7 heteroatoms. The summed E-state index contributed by atoms with van der Waals surface area (Å²) in [5.41, 5.74) is 0. The zero-order valence-corrected chi connectivity index (χ0v) is 11.1. The number of hydrogen-bond donors (Lipinski definition) is 2. The summed E-state index contributed by atoms with van der Waals surface area (Å²) in [6.07, 6.45) is 2.32. The van der Waals surface area contributed by atoms with Crippen LogP contribution in [0, 0.1) is 0 Å². The fraction of sp³-hybridized carbons (Fsp3) is 0.545. The number of aliphatic hydroxyl groups excluding tert-OH is 1. The Labute approximate surface area is 110 Å². The first-order valence-corrected chi connectivity index (χ1v) is 6.77. The van der Waals surface area contributed by atoms with Crippen molar-refractivity contribution in [2.24, 2.45) is 0 Å². The fourth-order valence-electron chi connectivity index (χ4n) is 1.17. The molecule has 18 heavy (non-hydrogen) atoms. The van der Waals surface area contributed by atoms with E-state index in [0.29, 0.717) is 5.82 Å². The van der Waals surface area contributed by atoms with Gasteiger partial charge in [-0.15, -0.1) is 0 Å². The molecular formula is C11H17N3O3S. The van der Waals surface area contributed by atoms with Gasteiger partial charge in [-0.3, -0.25) is 0 Å². The molecule has 0 atom stereocenters. The van der Waals surface area contributed by atoms with Crippen LogP contribution in [0.25, 0.3) is 0 Å². The van der Waals surface area contributed by atoms with Crippen LogP contribution in [-0.2, 0) is 4.74 Å². The van der Waals surface area contributed by atoms with Gasteiger partial charge in [0.2, 0.25) is 5.82 Å². The maximum atomic E-state index is 11.2. The van der Waals surface area contributed by atoms with Gasteiger partial charge in [0, 0.05) is 25.1 Å². The molecule has 0 saturated carbocycles. The van der Waals surface area contributed by atoms with E-state index < -0.39 is 5.97 Å². The third kappa shape index (κ3) is 5.33. The topological polar surface area (TPSA) is 84.3 Å². The SMILES string of the molecule is COC(=O)c1nccc(NCCSCCCO)n1. The normalized spacial score (nSPS) is 10.1. The first-order valence-electron chi connectivity index (χ1n) is 5.61. The molecule has 0 radical (unpaired) electrons. The van der Waals surface area contributed by atoms with Crippen molar-refractivity contribution in [3.05, 3.63) is 18.1 Å². The first kappa shape index (κ1) is 14.7. The highest BCUT2D eigenvalue weighted by Crippen LogP contribution is 2.05. The Morgan fingerprint density at radius 3 is 3.11 bits per heavy atom. The molecule has 0 aliphatic rings. The van der Waals surface area contributed by atoms with Crippen molar-refractivity contribution in [3.63, 3.8) is 0 Å². The van der Waals surface area contributed by atoms with Gasteiger partial charge < -0.3 is 15.2 Å². The molecule has 0 spiro atoms. The fourth-order valence-corrected chi connectivity index (χ4v) is 1.95. The number of hydrogen-bond acceptors (Lipinski definition) is 7. The summed E-state index contributed by atoms with van der Waals surface area (Å²) >= 11 is 1.75. The van der Waals surface area contributed by atoms with Crippen LogP contribution in [0.1, 0.15) is 17.0 Å². The van der Waals surface area contributed by atoms with Crippen LogP contribution in [0.2, 0.25) is 0 Å². The van der Waals surface area contributed by atoms with Gasteiger partial charge in [-0.25, -0.2) is 14.8 Å². The lowest BCUT2D eigenvalue weighted by molar-refractivity contribution is 0.0587. The Kier molecular flexibility index (Phi) is 7.12. The molecule has 0 aliphatic heterocycles. The highest BCUT2D eigenvalue weighted by molar-refractivity contribution is 7.99. The van der Waals surface area contributed by atoms with E-state index in [1.54, 1.807) is 17.8 Å². The van der Waals surface area contributed by atoms with E-state index in [-0.39, 0.29) is 12.4 Å². The molecule has 0 fully saturated rings. The van der Waals surface area contributed by atoms with Gasteiger partial charge in [0.25, 0.3) is 0 Å². The maximum absolute atomic E-state index is 11.2. The minimum atomic E-state index is -0.545. The van der Waals surface area contributed by atoms with E-state index in [9.17, 15) is 4.79 Å². The Morgan fingerprint density at radius 1 is 1.56 bits per heavy atom. The smallest absolute Gasteiger partial charge is 0.376 e. The second-order valence-electron chi connectivity index (χ2n) is 3.37. The lowest BCUT2D eigenvalue weighted by Crippen LogP contribution is -2.11. The second-order valence-corrected chi connectivity index (χ2v) is 4.60. The van der Waals surface area contributed by atoms with Crippen molar-refractivity contribution in [2.45, 2.75) is 6.42 Å². The lowest BCUT2D eigenvalue weighted by Gasteiger charge is -2.05. The van der Waals surface area contributed by atoms with Crippen LogP contribution in [-0.4, -0.2) is 52.8 Å². The zero-order chi connectivity index (χ0) is 13.2. The molecule has 1 rings (SSSR count). The number of carbonyl (C=O) groups is 1. The third-order valence-corrected chi connectivity index (χ3v) is 3.09. The number of methoxy groups -OCH3 is 1. The minimum Gasteiger partial charge on any atom is -0.463 e. The van der Waals surface area contributed by atoms with Gasteiger partial charge in [-0.1, -0.05) is 0 Å². The summed E-state index contributed by atoms with van der Waals surface area (Å²) in [6.45, 7) is 0.975. The van der Waals surface area contributed by atoms with Crippen molar-refractivity contribution in [1.82, 2.24) is 9.97 Å². The number of anilines is 1. The molecule has 0 aromatic carbocycles. The monoisotopic (exact) mass is 271 g/mol. The van der Waals surface area contributed by atoms with E-state index in [2.05, 4.69) is 20.0 Å². The van der Waals surface area contributed by atoms with Crippen LogP contribution in [0.15, 0.2) is 12.3 Å². The third-order valence-electron chi connectivity index (χ3n) is 2.02. The second kappa shape index (κ2) is 8.71. The highest BCUT2D eigenvalue weighted by atomic mass is 32.2. The van der Waals surface area contributed by atoms with E-state index in [1.165, 1.54) is 13.3 Å². The molecule has 0 saturated heterocycles. The molecule has 0 aliphatic carbocycles. The van der Waals surface area contributed by atoms with Crippen molar-refractivity contribution in [3.8, 4) is 0 Å². The summed E-state index contributed by atoms with van der Waals surface area (Å²) in [5, 5.41) is 11.7. The average molecular weight is 271 g/mol. The lowest BCUT2D eigenvalue weighted by atomic mass is 10.5. The Balaban J connectivity index is 2.32. The van der Waals surface area contributed by atoms with Gasteiger partial charge in [0.05, 0.1) is 7.11 Å². The van der Waals surface area contributed by atoms with Crippen molar-refractivity contribution < 1.29 is 14.6 Å². The van der Waals surface area contributed by atoms with Crippen LogP contribution in [0.3, 0.4) is 0 Å². The summed E-state index contributed by atoms with van der Waals surface area (Å²) in [6, 6.07) is 1.70. The Bertz CT molecular complexity index is 376. The number of rotatable bonds is 8. The number of aliphatic hydroxyl groups is 1. The molecule has 1 aromatic heterocycles. The van der Waals surface area contributed by atoms with Crippen LogP contribution < -0.4 is 5.32 Å². The number of thioether (sulfide) groups is 1. The molecule has 1 aromatic rings. The number of esters is 1. The van der Waals surface area contributed by atoms with Gasteiger partial charge in [-0.05, 0) is 18.2 Å². The van der Waals surface area contributed by atoms with Crippen molar-refractivity contribution in [1.29, 1.82) is 0 Å². The number of aromatic nitrogens is 2. The summed E-state index contributed by atoms with van der Waals surface area (Å²) in [7, 11) is 1.30. The molecule has 100 valence electrons. The molecule has 0 amide bonds. The van der Waals surface area contributed by atoms with Gasteiger partial charge in [0.15, 0.2) is 0 Å². The van der Waals surface area contributed by atoms with Crippen molar-refractivity contribution in [2.75, 3.05) is 37.1 Å².